The molecule has 0 radical (unpaired) electrons. The summed E-state index contributed by atoms with van der Waals surface area (Å²) in [6.07, 6.45) is 5.05. The first-order valence-corrected chi connectivity index (χ1v) is 6.65. The van der Waals surface area contributed by atoms with Crippen molar-refractivity contribution in [3.8, 4) is 0 Å². The van der Waals surface area contributed by atoms with E-state index < -0.39 is 0 Å². The van der Waals surface area contributed by atoms with Crippen molar-refractivity contribution in [1.82, 2.24) is 5.16 Å². The Morgan fingerprint density at radius 1 is 1.35 bits per heavy atom. The molecule has 0 amide bonds. The number of carbonyl (C=O) groups excluding carboxylic acids is 1. The van der Waals surface area contributed by atoms with Gasteiger partial charge < -0.3 is 4.52 Å². The summed E-state index contributed by atoms with van der Waals surface area (Å²) < 4.78 is 5.40. The maximum absolute atomic E-state index is 12.2. The van der Waals surface area contributed by atoms with E-state index in [-0.39, 0.29) is 5.78 Å². The molecular weight excluding hydrogens is 214 g/mol. The van der Waals surface area contributed by atoms with Crippen LogP contribution in [0.2, 0.25) is 0 Å². The molecule has 1 aromatic rings. The van der Waals surface area contributed by atoms with Crippen LogP contribution in [0.1, 0.15) is 54.9 Å². The fraction of sp³-hybridized carbons (Fsp3) is 0.714. The number of nitrogens with zero attached hydrogens (tertiary/aromatic N) is 1. The van der Waals surface area contributed by atoms with Gasteiger partial charge in [0.25, 0.3) is 0 Å². The Bertz CT molecular complexity index is 443. The number of carbonyl (C=O) groups is 1. The van der Waals surface area contributed by atoms with E-state index in [1.54, 1.807) is 0 Å². The molecule has 0 aliphatic heterocycles. The van der Waals surface area contributed by atoms with Gasteiger partial charge in [0.2, 0.25) is 0 Å². The van der Waals surface area contributed by atoms with Gasteiger partial charge in [0.1, 0.15) is 5.76 Å². The topological polar surface area (TPSA) is 43.1 Å². The number of rotatable bonds is 3. The van der Waals surface area contributed by atoms with E-state index >= 15 is 0 Å². The molecule has 3 heteroatoms. The Kier molecular flexibility index (Phi) is 2.57. The average Bonchev–Trinajstić information content (AvgIpc) is 2.98. The molecule has 17 heavy (non-hydrogen) atoms. The maximum Gasteiger partial charge on any atom is 0.168 e. The molecule has 1 unspecified atom stereocenters. The predicted molar refractivity (Wildman–Crippen MR) is 63.9 cm³/mol. The van der Waals surface area contributed by atoms with Crippen LogP contribution in [0, 0.1) is 17.8 Å². The number of Topliss-reactive ketones (excluding diaryl/α,β-unsaturated/α-hetero) is 1. The van der Waals surface area contributed by atoms with Gasteiger partial charge in [-0.15, -0.1) is 0 Å². The highest BCUT2D eigenvalue weighted by atomic mass is 16.5. The van der Waals surface area contributed by atoms with Gasteiger partial charge in [0.05, 0.1) is 11.3 Å². The summed E-state index contributed by atoms with van der Waals surface area (Å²) >= 11 is 0. The van der Waals surface area contributed by atoms with Gasteiger partial charge in [0.15, 0.2) is 5.78 Å². The Morgan fingerprint density at radius 2 is 2.12 bits per heavy atom. The first kappa shape index (κ1) is 11.0. The third-order valence-corrected chi connectivity index (χ3v) is 4.13. The quantitative estimate of drug-likeness (QED) is 0.806. The van der Waals surface area contributed by atoms with Gasteiger partial charge >= 0.3 is 0 Å². The second-order valence-electron chi connectivity index (χ2n) is 5.91. The van der Waals surface area contributed by atoms with Gasteiger partial charge in [-0.05, 0) is 37.0 Å². The van der Waals surface area contributed by atoms with Crippen molar-refractivity contribution >= 4 is 5.78 Å². The summed E-state index contributed by atoms with van der Waals surface area (Å²) in [7, 11) is 0. The second-order valence-corrected chi connectivity index (χ2v) is 5.91. The fourth-order valence-corrected chi connectivity index (χ4v) is 2.67. The van der Waals surface area contributed by atoms with Crippen molar-refractivity contribution in [2.24, 2.45) is 17.8 Å². The number of hydrogen-bond acceptors (Lipinski definition) is 3. The Hall–Kier alpha value is -1.12. The van der Waals surface area contributed by atoms with Crippen molar-refractivity contribution < 1.29 is 9.32 Å². The van der Waals surface area contributed by atoms with Crippen LogP contribution in [0.4, 0.5) is 0 Å². The van der Waals surface area contributed by atoms with E-state index in [0.29, 0.717) is 18.3 Å². The smallest absolute Gasteiger partial charge is 0.168 e. The Labute approximate surface area is 102 Å². The maximum atomic E-state index is 12.2. The average molecular weight is 233 g/mol. The number of fused-ring (bicyclic) bond motifs is 1. The van der Waals surface area contributed by atoms with Crippen LogP contribution in [0.3, 0.4) is 0 Å². The van der Waals surface area contributed by atoms with Crippen LogP contribution in [-0.4, -0.2) is 10.9 Å². The predicted octanol–water partition coefficient (Wildman–Crippen LogP) is 3.03. The first-order valence-electron chi connectivity index (χ1n) is 6.65. The largest absolute Gasteiger partial charge is 0.360 e. The molecule has 92 valence electrons. The van der Waals surface area contributed by atoms with Crippen LogP contribution < -0.4 is 0 Å². The van der Waals surface area contributed by atoms with Crippen molar-refractivity contribution in [2.75, 3.05) is 0 Å². The Balaban J connectivity index is 1.86. The van der Waals surface area contributed by atoms with E-state index in [4.69, 9.17) is 4.52 Å². The zero-order chi connectivity index (χ0) is 12.0. The molecule has 2 aliphatic rings. The van der Waals surface area contributed by atoms with Crippen LogP contribution in [-0.2, 0) is 12.8 Å². The number of ketones is 1. The SMILES string of the molecule is CC(C)C1CC(=O)c2c(noc2CC2CC2)C1. The third kappa shape index (κ3) is 2.03. The van der Waals surface area contributed by atoms with Crippen molar-refractivity contribution in [3.63, 3.8) is 0 Å². The monoisotopic (exact) mass is 233 g/mol. The van der Waals surface area contributed by atoms with E-state index in [9.17, 15) is 4.79 Å². The second kappa shape index (κ2) is 3.97. The van der Waals surface area contributed by atoms with Crippen molar-refractivity contribution in [1.29, 1.82) is 0 Å². The molecule has 0 saturated heterocycles. The summed E-state index contributed by atoms with van der Waals surface area (Å²) in [5, 5.41) is 4.12. The molecular formula is C14H19NO2. The van der Waals surface area contributed by atoms with E-state index in [2.05, 4.69) is 19.0 Å². The zero-order valence-corrected chi connectivity index (χ0v) is 10.5. The molecule has 3 nitrogen and oxygen atoms in total. The normalized spacial score (nSPS) is 24.2. The molecule has 2 aliphatic carbocycles. The van der Waals surface area contributed by atoms with Gasteiger partial charge in [-0.25, -0.2) is 0 Å². The molecule has 1 fully saturated rings. The lowest BCUT2D eigenvalue weighted by Crippen LogP contribution is -2.24. The van der Waals surface area contributed by atoms with Gasteiger partial charge in [-0.1, -0.05) is 19.0 Å². The summed E-state index contributed by atoms with van der Waals surface area (Å²) in [6.45, 7) is 4.35. The minimum atomic E-state index is 0.252. The minimum absolute atomic E-state index is 0.252. The standard InChI is InChI=1S/C14H19NO2/c1-8(2)10-6-11-14(12(16)7-10)13(17-15-11)5-9-3-4-9/h8-10H,3-7H2,1-2H3. The lowest BCUT2D eigenvalue weighted by atomic mass is 9.79. The number of aromatic nitrogens is 1. The number of hydrogen-bond donors (Lipinski definition) is 0. The van der Waals surface area contributed by atoms with Crippen molar-refractivity contribution in [2.45, 2.75) is 46.0 Å². The zero-order valence-electron chi connectivity index (χ0n) is 10.5. The molecule has 1 saturated carbocycles. The Morgan fingerprint density at radius 3 is 2.76 bits per heavy atom. The summed E-state index contributed by atoms with van der Waals surface area (Å²) in [4.78, 5) is 12.2. The van der Waals surface area contributed by atoms with Gasteiger partial charge in [-0.3, -0.25) is 4.79 Å². The highest BCUT2D eigenvalue weighted by Gasteiger charge is 2.34. The summed E-state index contributed by atoms with van der Waals surface area (Å²) in [5.74, 6) is 2.82. The van der Waals surface area contributed by atoms with Crippen LogP contribution in [0.15, 0.2) is 4.52 Å². The first-order chi connectivity index (χ1) is 8.15. The molecule has 1 heterocycles. The molecule has 0 bridgehead atoms. The van der Waals surface area contributed by atoms with Crippen LogP contribution in [0.5, 0.6) is 0 Å². The van der Waals surface area contributed by atoms with Gasteiger partial charge in [0, 0.05) is 12.8 Å². The minimum Gasteiger partial charge on any atom is -0.360 e. The highest BCUT2D eigenvalue weighted by molar-refractivity contribution is 5.99. The molecule has 1 aromatic heterocycles. The van der Waals surface area contributed by atoms with Crippen molar-refractivity contribution in [3.05, 3.63) is 17.0 Å². The van der Waals surface area contributed by atoms with E-state index in [1.165, 1.54) is 12.8 Å². The molecule has 3 rings (SSSR count). The molecule has 0 spiro atoms. The molecule has 1 atom stereocenters. The fourth-order valence-electron chi connectivity index (χ4n) is 2.67. The summed E-state index contributed by atoms with van der Waals surface area (Å²) in [6, 6.07) is 0. The summed E-state index contributed by atoms with van der Waals surface area (Å²) in [5.41, 5.74) is 1.74. The lowest BCUT2D eigenvalue weighted by Gasteiger charge is -2.23. The molecule has 0 aromatic carbocycles. The third-order valence-electron chi connectivity index (χ3n) is 4.13. The highest BCUT2D eigenvalue weighted by Crippen LogP contribution is 2.37. The lowest BCUT2D eigenvalue weighted by molar-refractivity contribution is 0.0931. The van der Waals surface area contributed by atoms with E-state index in [0.717, 1.165) is 35.8 Å². The van der Waals surface area contributed by atoms with Crippen LogP contribution in [0.25, 0.3) is 0 Å². The van der Waals surface area contributed by atoms with E-state index in [1.807, 2.05) is 0 Å². The van der Waals surface area contributed by atoms with Gasteiger partial charge in [-0.2, -0.15) is 0 Å². The van der Waals surface area contributed by atoms with Crippen LogP contribution >= 0.6 is 0 Å². The molecule has 0 N–H and O–H groups in total.